The van der Waals surface area contributed by atoms with Crippen molar-refractivity contribution in [3.8, 4) is 0 Å². The first-order chi connectivity index (χ1) is 9.36. The predicted molar refractivity (Wildman–Crippen MR) is 70.8 cm³/mol. The van der Waals surface area contributed by atoms with E-state index >= 15 is 0 Å². The van der Waals surface area contributed by atoms with Gasteiger partial charge in [0, 0.05) is 31.9 Å². The van der Waals surface area contributed by atoms with E-state index in [4.69, 9.17) is 0 Å². The zero-order chi connectivity index (χ0) is 14.8. The van der Waals surface area contributed by atoms with Crippen molar-refractivity contribution >= 4 is 11.5 Å². The molecule has 0 amide bonds. The number of benzene rings is 1. The second-order valence-corrected chi connectivity index (χ2v) is 5.01. The number of anilines is 1. The molecule has 20 heavy (non-hydrogen) atoms. The fraction of sp³-hybridized carbons (Fsp3) is 0.500. The minimum atomic E-state index is -4.29. The van der Waals surface area contributed by atoms with Crippen molar-refractivity contribution < 1.29 is 18.0 Å². The van der Waals surface area contributed by atoms with Crippen LogP contribution in [0.1, 0.15) is 12.5 Å². The summed E-state index contributed by atoms with van der Waals surface area (Å²) in [4.78, 5) is 15.1. The summed E-state index contributed by atoms with van der Waals surface area (Å²) in [6.45, 7) is 4.95. The first-order valence-electron chi connectivity index (χ1n) is 6.50. The van der Waals surface area contributed by atoms with Crippen LogP contribution in [-0.2, 0) is 11.0 Å². The van der Waals surface area contributed by atoms with Crippen LogP contribution in [0.4, 0.5) is 18.9 Å². The minimum absolute atomic E-state index is 0.132. The van der Waals surface area contributed by atoms with E-state index in [0.717, 1.165) is 44.0 Å². The third-order valence-corrected chi connectivity index (χ3v) is 3.38. The molecule has 1 aromatic carbocycles. The van der Waals surface area contributed by atoms with Gasteiger partial charge in [-0.3, -0.25) is 9.69 Å². The summed E-state index contributed by atoms with van der Waals surface area (Å²) in [7, 11) is 0. The molecular weight excluding hydrogens is 269 g/mol. The SMILES string of the molecule is CC(=O)CN1CCN(c2ccc(C(F)(F)F)cc2)CC1. The number of nitrogens with zero attached hydrogens (tertiary/aromatic N) is 2. The highest BCUT2D eigenvalue weighted by atomic mass is 19.4. The number of alkyl halides is 3. The average molecular weight is 286 g/mol. The zero-order valence-electron chi connectivity index (χ0n) is 11.3. The molecule has 110 valence electrons. The van der Waals surface area contributed by atoms with Gasteiger partial charge in [0.05, 0.1) is 12.1 Å². The molecule has 6 heteroatoms. The summed E-state index contributed by atoms with van der Waals surface area (Å²) < 4.78 is 37.4. The van der Waals surface area contributed by atoms with Crippen LogP contribution in [0, 0.1) is 0 Å². The van der Waals surface area contributed by atoms with E-state index in [-0.39, 0.29) is 5.78 Å². The summed E-state index contributed by atoms with van der Waals surface area (Å²) in [6.07, 6.45) is -4.29. The van der Waals surface area contributed by atoms with Crippen LogP contribution in [0.2, 0.25) is 0 Å². The average Bonchev–Trinajstić information content (AvgIpc) is 2.38. The molecule has 3 nitrogen and oxygen atoms in total. The number of carbonyl (C=O) groups is 1. The molecule has 0 unspecified atom stereocenters. The Bertz CT molecular complexity index is 462. The Labute approximate surface area is 116 Å². The Morgan fingerprint density at radius 3 is 2.10 bits per heavy atom. The van der Waals surface area contributed by atoms with Crippen LogP contribution in [0.5, 0.6) is 0 Å². The molecule has 0 N–H and O–H groups in total. The fourth-order valence-electron chi connectivity index (χ4n) is 2.34. The first kappa shape index (κ1) is 14.8. The van der Waals surface area contributed by atoms with Crippen molar-refractivity contribution in [2.75, 3.05) is 37.6 Å². The Balaban J connectivity index is 1.95. The lowest BCUT2D eigenvalue weighted by Gasteiger charge is -2.35. The quantitative estimate of drug-likeness (QED) is 0.852. The summed E-state index contributed by atoms with van der Waals surface area (Å²) >= 11 is 0. The molecule has 1 fully saturated rings. The maximum atomic E-state index is 12.5. The van der Waals surface area contributed by atoms with Crippen LogP contribution in [0.25, 0.3) is 0 Å². The second-order valence-electron chi connectivity index (χ2n) is 5.01. The molecule has 0 bridgehead atoms. The maximum absolute atomic E-state index is 12.5. The van der Waals surface area contributed by atoms with Crippen molar-refractivity contribution in [1.82, 2.24) is 4.90 Å². The van der Waals surface area contributed by atoms with Gasteiger partial charge in [-0.15, -0.1) is 0 Å². The van der Waals surface area contributed by atoms with E-state index in [1.54, 1.807) is 6.92 Å². The van der Waals surface area contributed by atoms with Gasteiger partial charge in [-0.2, -0.15) is 13.2 Å². The lowest BCUT2D eigenvalue weighted by Crippen LogP contribution is -2.47. The smallest absolute Gasteiger partial charge is 0.369 e. The van der Waals surface area contributed by atoms with Crippen molar-refractivity contribution in [3.63, 3.8) is 0 Å². The molecule has 1 aliphatic heterocycles. The molecule has 1 saturated heterocycles. The molecule has 0 aromatic heterocycles. The molecule has 0 radical (unpaired) electrons. The molecule has 0 saturated carbocycles. The largest absolute Gasteiger partial charge is 0.416 e. The molecule has 2 rings (SSSR count). The van der Waals surface area contributed by atoms with Gasteiger partial charge in [0.15, 0.2) is 0 Å². The molecule has 1 heterocycles. The third-order valence-electron chi connectivity index (χ3n) is 3.38. The number of piperazine rings is 1. The summed E-state index contributed by atoms with van der Waals surface area (Å²) in [6, 6.07) is 5.22. The number of carbonyl (C=O) groups excluding carboxylic acids is 1. The van der Waals surface area contributed by atoms with Crippen LogP contribution >= 0.6 is 0 Å². The number of ketones is 1. The second kappa shape index (κ2) is 5.83. The standard InChI is InChI=1S/C14H17F3N2O/c1-11(20)10-18-6-8-19(9-7-18)13-4-2-12(3-5-13)14(15,16)17/h2-5H,6-10H2,1H3. The van der Waals surface area contributed by atoms with E-state index in [2.05, 4.69) is 4.90 Å². The van der Waals surface area contributed by atoms with E-state index in [9.17, 15) is 18.0 Å². The monoisotopic (exact) mass is 286 g/mol. The predicted octanol–water partition coefficient (Wildman–Crippen LogP) is 2.42. The Kier molecular flexibility index (Phi) is 4.32. The van der Waals surface area contributed by atoms with Crippen molar-refractivity contribution in [3.05, 3.63) is 29.8 Å². The molecule has 0 atom stereocenters. The Morgan fingerprint density at radius 1 is 1.10 bits per heavy atom. The lowest BCUT2D eigenvalue weighted by molar-refractivity contribution is -0.137. The lowest BCUT2D eigenvalue weighted by atomic mass is 10.1. The van der Waals surface area contributed by atoms with Gasteiger partial charge in [-0.25, -0.2) is 0 Å². The third kappa shape index (κ3) is 3.72. The highest BCUT2D eigenvalue weighted by Gasteiger charge is 2.30. The fourth-order valence-corrected chi connectivity index (χ4v) is 2.34. The summed E-state index contributed by atoms with van der Waals surface area (Å²) in [5, 5.41) is 0. The molecule has 1 aliphatic rings. The van der Waals surface area contributed by atoms with E-state index in [0.29, 0.717) is 6.54 Å². The van der Waals surface area contributed by atoms with Gasteiger partial charge >= 0.3 is 6.18 Å². The highest BCUT2D eigenvalue weighted by molar-refractivity contribution is 5.77. The van der Waals surface area contributed by atoms with Gasteiger partial charge in [-0.05, 0) is 31.2 Å². The van der Waals surface area contributed by atoms with Gasteiger partial charge in [-0.1, -0.05) is 0 Å². The number of halogens is 3. The Morgan fingerprint density at radius 2 is 1.65 bits per heavy atom. The number of hydrogen-bond donors (Lipinski definition) is 0. The highest BCUT2D eigenvalue weighted by Crippen LogP contribution is 2.30. The number of rotatable bonds is 3. The normalized spacial score (nSPS) is 17.3. The number of hydrogen-bond acceptors (Lipinski definition) is 3. The van der Waals surface area contributed by atoms with Gasteiger partial charge in [0.1, 0.15) is 5.78 Å². The van der Waals surface area contributed by atoms with Crippen LogP contribution in [-0.4, -0.2) is 43.4 Å². The summed E-state index contributed by atoms with van der Waals surface area (Å²) in [5.74, 6) is 0.132. The Hall–Kier alpha value is -1.56. The topological polar surface area (TPSA) is 23.6 Å². The van der Waals surface area contributed by atoms with Crippen molar-refractivity contribution in [2.24, 2.45) is 0 Å². The van der Waals surface area contributed by atoms with Crippen LogP contribution in [0.3, 0.4) is 0 Å². The van der Waals surface area contributed by atoms with Crippen molar-refractivity contribution in [1.29, 1.82) is 0 Å². The van der Waals surface area contributed by atoms with E-state index < -0.39 is 11.7 Å². The van der Waals surface area contributed by atoms with E-state index in [1.807, 2.05) is 4.90 Å². The molecule has 0 spiro atoms. The van der Waals surface area contributed by atoms with E-state index in [1.165, 1.54) is 12.1 Å². The summed E-state index contributed by atoms with van der Waals surface area (Å²) in [5.41, 5.74) is 0.164. The first-order valence-corrected chi connectivity index (χ1v) is 6.50. The van der Waals surface area contributed by atoms with Gasteiger partial charge in [0.25, 0.3) is 0 Å². The maximum Gasteiger partial charge on any atom is 0.416 e. The minimum Gasteiger partial charge on any atom is -0.369 e. The van der Waals surface area contributed by atoms with Crippen LogP contribution in [0.15, 0.2) is 24.3 Å². The van der Waals surface area contributed by atoms with Gasteiger partial charge < -0.3 is 4.90 Å². The van der Waals surface area contributed by atoms with Crippen molar-refractivity contribution in [2.45, 2.75) is 13.1 Å². The molecule has 1 aromatic rings. The molecular formula is C14H17F3N2O. The molecule has 0 aliphatic carbocycles. The van der Waals surface area contributed by atoms with Gasteiger partial charge in [0.2, 0.25) is 0 Å². The van der Waals surface area contributed by atoms with Crippen LogP contribution < -0.4 is 4.90 Å². The number of Topliss-reactive ketones (excluding diaryl/α,β-unsaturated/α-hetero) is 1. The zero-order valence-corrected chi connectivity index (χ0v) is 11.3.